The van der Waals surface area contributed by atoms with E-state index in [-0.39, 0.29) is 6.04 Å². The molecule has 1 rings (SSSR count). The first-order valence-electron chi connectivity index (χ1n) is 3.77. The van der Waals surface area contributed by atoms with Gasteiger partial charge in [-0.1, -0.05) is 0 Å². The van der Waals surface area contributed by atoms with Gasteiger partial charge in [-0.2, -0.15) is 5.10 Å². The Morgan fingerprint density at radius 1 is 1.83 bits per heavy atom. The van der Waals surface area contributed by atoms with E-state index in [0.717, 1.165) is 0 Å². The van der Waals surface area contributed by atoms with Crippen LogP contribution in [-0.2, 0) is 4.74 Å². The molecular formula is C6H13N5O. The number of nitrogens with one attached hydrogen (secondary N) is 2. The molecule has 0 amide bonds. The Balaban J connectivity index is 2.45. The average molecular weight is 171 g/mol. The molecule has 1 unspecified atom stereocenters. The molecule has 1 aromatic rings. The van der Waals surface area contributed by atoms with E-state index < -0.39 is 0 Å². The van der Waals surface area contributed by atoms with Gasteiger partial charge < -0.3 is 4.74 Å². The van der Waals surface area contributed by atoms with Gasteiger partial charge in [0.25, 0.3) is 0 Å². The number of aromatic amines is 1. The molecule has 0 aliphatic carbocycles. The van der Waals surface area contributed by atoms with Crippen molar-refractivity contribution in [2.75, 3.05) is 13.2 Å². The van der Waals surface area contributed by atoms with Gasteiger partial charge in [-0.3, -0.25) is 10.9 Å². The van der Waals surface area contributed by atoms with Crippen LogP contribution in [0.1, 0.15) is 18.8 Å². The van der Waals surface area contributed by atoms with Crippen LogP contribution in [0.25, 0.3) is 0 Å². The molecule has 1 aromatic heterocycles. The minimum absolute atomic E-state index is 0.118. The Morgan fingerprint density at radius 2 is 2.67 bits per heavy atom. The quantitative estimate of drug-likeness (QED) is 0.404. The lowest BCUT2D eigenvalue weighted by Crippen LogP contribution is -2.32. The number of ether oxygens (including phenoxy) is 1. The number of nitrogens with zero attached hydrogens (tertiary/aromatic N) is 2. The van der Waals surface area contributed by atoms with Gasteiger partial charge in [0, 0.05) is 6.61 Å². The predicted molar refractivity (Wildman–Crippen MR) is 42.9 cm³/mol. The van der Waals surface area contributed by atoms with Gasteiger partial charge in [-0.25, -0.2) is 10.4 Å². The highest BCUT2D eigenvalue weighted by Crippen LogP contribution is 2.03. The summed E-state index contributed by atoms with van der Waals surface area (Å²) in [5.41, 5.74) is 2.58. The van der Waals surface area contributed by atoms with Crippen LogP contribution in [0, 0.1) is 0 Å². The molecule has 6 heteroatoms. The Morgan fingerprint density at radius 3 is 3.17 bits per heavy atom. The lowest BCUT2D eigenvalue weighted by Gasteiger charge is -2.11. The summed E-state index contributed by atoms with van der Waals surface area (Å²) >= 11 is 0. The van der Waals surface area contributed by atoms with Crippen molar-refractivity contribution in [3.05, 3.63) is 12.2 Å². The zero-order valence-corrected chi connectivity index (χ0v) is 6.95. The molecule has 0 fully saturated rings. The number of hydrogen-bond acceptors (Lipinski definition) is 5. The molecule has 0 radical (unpaired) electrons. The largest absolute Gasteiger partial charge is 0.380 e. The number of hydrogen-bond donors (Lipinski definition) is 3. The fraction of sp³-hybridized carbons (Fsp3) is 0.667. The fourth-order valence-corrected chi connectivity index (χ4v) is 0.825. The molecular weight excluding hydrogens is 158 g/mol. The second kappa shape index (κ2) is 4.81. The number of aromatic nitrogens is 3. The van der Waals surface area contributed by atoms with Gasteiger partial charge in [0.1, 0.15) is 18.2 Å². The Hall–Kier alpha value is -0.980. The molecule has 1 heterocycles. The third-order valence-corrected chi connectivity index (χ3v) is 1.45. The second-order valence-corrected chi connectivity index (χ2v) is 2.25. The second-order valence-electron chi connectivity index (χ2n) is 2.25. The molecule has 68 valence electrons. The van der Waals surface area contributed by atoms with Crippen LogP contribution >= 0.6 is 0 Å². The van der Waals surface area contributed by atoms with Crippen LogP contribution in [0.3, 0.4) is 0 Å². The first-order valence-corrected chi connectivity index (χ1v) is 3.77. The lowest BCUT2D eigenvalue weighted by atomic mass is 10.3. The number of hydrazine groups is 1. The number of H-pyrrole nitrogens is 1. The molecule has 0 saturated carbocycles. The first-order chi connectivity index (χ1) is 5.88. The molecule has 0 aliphatic rings. The summed E-state index contributed by atoms with van der Waals surface area (Å²) in [6.07, 6.45) is 1.44. The first kappa shape index (κ1) is 9.11. The Kier molecular flexibility index (Phi) is 3.65. The highest BCUT2D eigenvalue weighted by molar-refractivity contribution is 4.89. The molecule has 0 bridgehead atoms. The van der Waals surface area contributed by atoms with Gasteiger partial charge >= 0.3 is 0 Å². The highest BCUT2D eigenvalue weighted by Gasteiger charge is 2.11. The van der Waals surface area contributed by atoms with Crippen LogP contribution in [0.5, 0.6) is 0 Å². The molecule has 0 aliphatic heterocycles. The van der Waals surface area contributed by atoms with Crippen molar-refractivity contribution in [2.45, 2.75) is 13.0 Å². The van der Waals surface area contributed by atoms with E-state index in [1.807, 2.05) is 6.92 Å². The predicted octanol–water partition coefficient (Wildman–Crippen LogP) is -0.654. The summed E-state index contributed by atoms with van der Waals surface area (Å²) in [5, 5.41) is 6.43. The molecule has 0 aromatic carbocycles. The van der Waals surface area contributed by atoms with Gasteiger partial charge in [-0.05, 0) is 6.92 Å². The lowest BCUT2D eigenvalue weighted by molar-refractivity contribution is 0.121. The molecule has 1 atom stereocenters. The fourth-order valence-electron chi connectivity index (χ4n) is 0.825. The smallest absolute Gasteiger partial charge is 0.145 e. The van der Waals surface area contributed by atoms with E-state index >= 15 is 0 Å². The van der Waals surface area contributed by atoms with Crippen LogP contribution in [0.15, 0.2) is 6.33 Å². The Bertz CT molecular complexity index is 200. The van der Waals surface area contributed by atoms with E-state index in [2.05, 4.69) is 20.6 Å². The molecule has 0 spiro atoms. The van der Waals surface area contributed by atoms with Crippen molar-refractivity contribution in [2.24, 2.45) is 5.84 Å². The van der Waals surface area contributed by atoms with Crippen molar-refractivity contribution in [1.82, 2.24) is 20.6 Å². The summed E-state index contributed by atoms with van der Waals surface area (Å²) in [4.78, 5) is 3.95. The van der Waals surface area contributed by atoms with Crippen molar-refractivity contribution in [1.29, 1.82) is 0 Å². The minimum atomic E-state index is -0.118. The maximum Gasteiger partial charge on any atom is 0.145 e. The maximum absolute atomic E-state index is 5.29. The highest BCUT2D eigenvalue weighted by atomic mass is 16.5. The van der Waals surface area contributed by atoms with Crippen LogP contribution < -0.4 is 11.3 Å². The molecule has 0 saturated heterocycles. The van der Waals surface area contributed by atoms with Gasteiger partial charge in [0.2, 0.25) is 0 Å². The summed E-state index contributed by atoms with van der Waals surface area (Å²) in [7, 11) is 0. The van der Waals surface area contributed by atoms with Crippen LogP contribution in [-0.4, -0.2) is 28.4 Å². The van der Waals surface area contributed by atoms with Crippen LogP contribution in [0.4, 0.5) is 0 Å². The molecule has 4 N–H and O–H groups in total. The van der Waals surface area contributed by atoms with E-state index in [1.54, 1.807) is 0 Å². The van der Waals surface area contributed by atoms with E-state index in [4.69, 9.17) is 10.6 Å². The van der Waals surface area contributed by atoms with Crippen LogP contribution in [0.2, 0.25) is 0 Å². The maximum atomic E-state index is 5.29. The Labute approximate surface area is 70.5 Å². The van der Waals surface area contributed by atoms with Gasteiger partial charge in [-0.15, -0.1) is 0 Å². The zero-order valence-electron chi connectivity index (χ0n) is 6.95. The number of nitrogens with two attached hydrogens (primary N) is 1. The van der Waals surface area contributed by atoms with Gasteiger partial charge in [0.05, 0.1) is 6.61 Å². The summed E-state index contributed by atoms with van der Waals surface area (Å²) in [6, 6.07) is -0.118. The van der Waals surface area contributed by atoms with Crippen molar-refractivity contribution in [3.63, 3.8) is 0 Å². The van der Waals surface area contributed by atoms with E-state index in [1.165, 1.54) is 6.33 Å². The molecule has 12 heavy (non-hydrogen) atoms. The number of rotatable bonds is 5. The van der Waals surface area contributed by atoms with Crippen molar-refractivity contribution in [3.8, 4) is 0 Å². The third kappa shape index (κ3) is 2.26. The monoisotopic (exact) mass is 171 g/mol. The average Bonchev–Trinajstić information content (AvgIpc) is 2.59. The van der Waals surface area contributed by atoms with E-state index in [9.17, 15) is 0 Å². The van der Waals surface area contributed by atoms with Gasteiger partial charge in [0.15, 0.2) is 0 Å². The van der Waals surface area contributed by atoms with E-state index in [0.29, 0.717) is 19.0 Å². The molecule has 6 nitrogen and oxygen atoms in total. The minimum Gasteiger partial charge on any atom is -0.380 e. The van der Waals surface area contributed by atoms with Crippen molar-refractivity contribution < 1.29 is 4.74 Å². The summed E-state index contributed by atoms with van der Waals surface area (Å²) < 4.78 is 5.18. The summed E-state index contributed by atoms with van der Waals surface area (Å²) in [6.45, 7) is 3.07. The zero-order chi connectivity index (χ0) is 8.81. The summed E-state index contributed by atoms with van der Waals surface area (Å²) in [5.74, 6) is 5.97. The third-order valence-electron chi connectivity index (χ3n) is 1.45. The normalized spacial score (nSPS) is 13.2. The van der Waals surface area contributed by atoms with Crippen molar-refractivity contribution >= 4 is 0 Å². The SMILES string of the molecule is CCOCC(NN)c1ncn[nH]1. The topological polar surface area (TPSA) is 88.8 Å². The standard InChI is InChI=1S/C6H13N5O/c1-2-12-3-5(10-7)6-8-4-9-11-6/h4-5,10H,2-3,7H2,1H3,(H,8,9,11).